The zero-order valence-corrected chi connectivity index (χ0v) is 12.4. The van der Waals surface area contributed by atoms with Crippen LogP contribution in [0.4, 0.5) is 5.82 Å². The number of amides is 1. The minimum absolute atomic E-state index is 0.252. The molecule has 0 saturated carbocycles. The topological polar surface area (TPSA) is 69.0 Å². The Morgan fingerprint density at radius 3 is 2.74 bits per heavy atom. The first-order valence-corrected chi connectivity index (χ1v) is 6.32. The molecule has 2 aromatic rings. The fraction of sp³-hybridized carbons (Fsp3) is 0.250. The van der Waals surface area contributed by atoms with Crippen molar-refractivity contribution in [2.24, 2.45) is 7.05 Å². The Morgan fingerprint density at radius 2 is 2.21 bits per heavy atom. The van der Waals surface area contributed by atoms with Gasteiger partial charge in [-0.05, 0) is 34.5 Å². The number of hydrogen-bond donors (Lipinski definition) is 1. The summed E-state index contributed by atoms with van der Waals surface area (Å²) in [4.78, 5) is 16.2. The first-order chi connectivity index (χ1) is 9.02. The maximum Gasteiger partial charge on any atom is 0.278 e. The molecule has 2 aromatic heterocycles. The summed E-state index contributed by atoms with van der Waals surface area (Å²) < 4.78 is 7.13. The largest absolute Gasteiger partial charge is 0.480 e. The van der Waals surface area contributed by atoms with Gasteiger partial charge in [0.2, 0.25) is 5.88 Å². The van der Waals surface area contributed by atoms with Gasteiger partial charge in [-0.25, -0.2) is 9.67 Å². The Kier molecular flexibility index (Phi) is 3.84. The molecule has 0 aliphatic rings. The molecule has 0 aliphatic heterocycles. The van der Waals surface area contributed by atoms with Gasteiger partial charge in [0.1, 0.15) is 10.3 Å². The second-order valence-corrected chi connectivity index (χ2v) is 4.76. The molecule has 19 heavy (non-hydrogen) atoms. The van der Waals surface area contributed by atoms with Crippen LogP contribution in [0.1, 0.15) is 16.1 Å². The number of nitrogens with zero attached hydrogens (tertiary/aromatic N) is 3. The van der Waals surface area contributed by atoms with Crippen LogP contribution in [0.2, 0.25) is 0 Å². The number of aryl methyl sites for hydroxylation is 2. The molecule has 0 bridgehead atoms. The first kappa shape index (κ1) is 13.5. The Labute approximate surface area is 118 Å². The quantitative estimate of drug-likeness (QED) is 0.939. The third-order valence-corrected chi connectivity index (χ3v) is 3.22. The van der Waals surface area contributed by atoms with E-state index in [1.807, 2.05) is 13.0 Å². The lowest BCUT2D eigenvalue weighted by atomic mass is 10.3. The third-order valence-electron chi connectivity index (χ3n) is 2.50. The average Bonchev–Trinajstić information content (AvgIpc) is 2.67. The molecule has 1 amide bonds. The van der Waals surface area contributed by atoms with Crippen molar-refractivity contribution in [2.75, 3.05) is 12.4 Å². The smallest absolute Gasteiger partial charge is 0.278 e. The summed E-state index contributed by atoms with van der Waals surface area (Å²) >= 11 is 3.30. The molecule has 0 aromatic carbocycles. The monoisotopic (exact) mass is 324 g/mol. The lowest BCUT2D eigenvalue weighted by Crippen LogP contribution is -2.14. The van der Waals surface area contributed by atoms with Crippen molar-refractivity contribution in [3.63, 3.8) is 0 Å². The number of hydrogen-bond acceptors (Lipinski definition) is 4. The van der Waals surface area contributed by atoms with Gasteiger partial charge in [-0.1, -0.05) is 6.07 Å². The van der Waals surface area contributed by atoms with E-state index in [4.69, 9.17) is 4.74 Å². The predicted octanol–water partition coefficient (Wildman–Crippen LogP) is 2.15. The molecule has 2 heterocycles. The number of halogens is 1. The van der Waals surface area contributed by atoms with E-state index < -0.39 is 0 Å². The Balaban J connectivity index is 2.23. The second-order valence-electron chi connectivity index (χ2n) is 3.97. The highest BCUT2D eigenvalue weighted by molar-refractivity contribution is 9.10. The molecule has 1 N–H and O–H groups in total. The lowest BCUT2D eigenvalue weighted by Gasteiger charge is -2.02. The summed E-state index contributed by atoms with van der Waals surface area (Å²) in [5, 5.41) is 6.78. The zero-order valence-electron chi connectivity index (χ0n) is 10.8. The number of anilines is 1. The first-order valence-electron chi connectivity index (χ1n) is 5.53. The van der Waals surface area contributed by atoms with E-state index in [-0.39, 0.29) is 11.6 Å². The fourth-order valence-corrected chi connectivity index (χ4v) is 2.24. The molecular formula is C12H13BrN4O2. The number of methoxy groups -OCH3 is 1. The number of carbonyl (C=O) groups excluding carboxylic acids is 1. The highest BCUT2D eigenvalue weighted by atomic mass is 79.9. The fourth-order valence-electron chi connectivity index (χ4n) is 1.57. The number of ether oxygens (including phenoxy) is 1. The van der Waals surface area contributed by atoms with E-state index in [0.29, 0.717) is 16.2 Å². The highest BCUT2D eigenvalue weighted by Gasteiger charge is 2.20. The van der Waals surface area contributed by atoms with Crippen LogP contribution in [-0.4, -0.2) is 27.8 Å². The van der Waals surface area contributed by atoms with Gasteiger partial charge in [0.25, 0.3) is 5.91 Å². The molecule has 0 unspecified atom stereocenters. The van der Waals surface area contributed by atoms with Gasteiger partial charge in [0, 0.05) is 13.2 Å². The average molecular weight is 325 g/mol. The summed E-state index contributed by atoms with van der Waals surface area (Å²) in [5.41, 5.74) is 1.28. The van der Waals surface area contributed by atoms with Gasteiger partial charge >= 0.3 is 0 Å². The third kappa shape index (κ3) is 2.76. The van der Waals surface area contributed by atoms with Crippen LogP contribution < -0.4 is 10.1 Å². The number of carbonyl (C=O) groups is 1. The van der Waals surface area contributed by atoms with Gasteiger partial charge in [-0.3, -0.25) is 4.79 Å². The second kappa shape index (κ2) is 5.40. The van der Waals surface area contributed by atoms with Crippen molar-refractivity contribution >= 4 is 27.7 Å². The molecule has 0 atom stereocenters. The molecule has 0 radical (unpaired) electrons. The van der Waals surface area contributed by atoms with Gasteiger partial charge in [-0.2, -0.15) is 5.10 Å². The van der Waals surface area contributed by atoms with Crippen molar-refractivity contribution in [2.45, 2.75) is 6.92 Å². The predicted molar refractivity (Wildman–Crippen MR) is 74.4 cm³/mol. The number of aromatic nitrogens is 3. The minimum Gasteiger partial charge on any atom is -0.480 e. The number of nitrogens with one attached hydrogen (secondary N) is 1. The molecule has 100 valence electrons. The van der Waals surface area contributed by atoms with Crippen molar-refractivity contribution in [1.29, 1.82) is 0 Å². The van der Waals surface area contributed by atoms with Crippen molar-refractivity contribution in [3.05, 3.63) is 34.1 Å². The van der Waals surface area contributed by atoms with Crippen molar-refractivity contribution < 1.29 is 9.53 Å². The SMILES string of the molecule is COc1c(Br)c(C(=O)Nc2ccc(C)cn2)nn1C. The van der Waals surface area contributed by atoms with E-state index >= 15 is 0 Å². The van der Waals surface area contributed by atoms with Crippen LogP contribution in [0.15, 0.2) is 22.8 Å². The maximum absolute atomic E-state index is 12.1. The minimum atomic E-state index is -0.345. The maximum atomic E-state index is 12.1. The molecule has 0 spiro atoms. The van der Waals surface area contributed by atoms with Crippen LogP contribution in [0, 0.1) is 6.92 Å². The Morgan fingerprint density at radius 1 is 1.47 bits per heavy atom. The van der Waals surface area contributed by atoms with Gasteiger partial charge < -0.3 is 10.1 Å². The lowest BCUT2D eigenvalue weighted by molar-refractivity contribution is 0.102. The normalized spacial score (nSPS) is 10.3. The van der Waals surface area contributed by atoms with Gasteiger partial charge in [0.15, 0.2) is 5.69 Å². The Bertz CT molecular complexity index is 607. The number of pyridine rings is 1. The zero-order chi connectivity index (χ0) is 14.0. The molecule has 6 nitrogen and oxygen atoms in total. The van der Waals surface area contributed by atoms with E-state index in [0.717, 1.165) is 5.56 Å². The van der Waals surface area contributed by atoms with E-state index in [9.17, 15) is 4.79 Å². The van der Waals surface area contributed by atoms with E-state index in [2.05, 4.69) is 31.3 Å². The summed E-state index contributed by atoms with van der Waals surface area (Å²) in [6.07, 6.45) is 1.68. The van der Waals surface area contributed by atoms with Gasteiger partial charge in [0.05, 0.1) is 7.11 Å². The summed E-state index contributed by atoms with van der Waals surface area (Å²) in [6, 6.07) is 3.61. The van der Waals surface area contributed by atoms with E-state index in [1.165, 1.54) is 11.8 Å². The molecular weight excluding hydrogens is 312 g/mol. The van der Waals surface area contributed by atoms with Crippen LogP contribution in [-0.2, 0) is 7.05 Å². The van der Waals surface area contributed by atoms with Gasteiger partial charge in [-0.15, -0.1) is 0 Å². The van der Waals surface area contributed by atoms with Crippen LogP contribution in [0.5, 0.6) is 5.88 Å². The molecule has 0 aliphatic carbocycles. The molecule has 0 saturated heterocycles. The van der Waals surface area contributed by atoms with E-state index in [1.54, 1.807) is 19.3 Å². The summed E-state index contributed by atoms with van der Waals surface area (Å²) in [6.45, 7) is 1.93. The summed E-state index contributed by atoms with van der Waals surface area (Å²) in [7, 11) is 3.22. The Hall–Kier alpha value is -1.89. The van der Waals surface area contributed by atoms with Crippen LogP contribution >= 0.6 is 15.9 Å². The standard InChI is InChI=1S/C12H13BrN4O2/c1-7-4-5-8(14-6-7)15-11(18)10-9(13)12(19-3)17(2)16-10/h4-6H,1-3H3,(H,14,15,18). The van der Waals surface area contributed by atoms with Crippen molar-refractivity contribution in [1.82, 2.24) is 14.8 Å². The van der Waals surface area contributed by atoms with Crippen LogP contribution in [0.25, 0.3) is 0 Å². The van der Waals surface area contributed by atoms with Crippen molar-refractivity contribution in [3.8, 4) is 5.88 Å². The molecule has 2 rings (SSSR count). The highest BCUT2D eigenvalue weighted by Crippen LogP contribution is 2.28. The number of rotatable bonds is 3. The molecule has 0 fully saturated rings. The van der Waals surface area contributed by atoms with Crippen LogP contribution in [0.3, 0.4) is 0 Å². The summed E-state index contributed by atoms with van der Waals surface area (Å²) in [5.74, 6) is 0.622. The molecule has 7 heteroatoms.